The van der Waals surface area contributed by atoms with Gasteiger partial charge < -0.3 is 4.74 Å². The summed E-state index contributed by atoms with van der Waals surface area (Å²) in [5.41, 5.74) is 4.01. The highest BCUT2D eigenvalue weighted by Crippen LogP contribution is 2.17. The second-order valence-electron chi connectivity index (χ2n) is 5.23. The van der Waals surface area contributed by atoms with Crippen LogP contribution in [0.5, 0.6) is 5.75 Å². The third kappa shape index (κ3) is 7.17. The van der Waals surface area contributed by atoms with Crippen LogP contribution in [0.3, 0.4) is 0 Å². The van der Waals surface area contributed by atoms with Crippen molar-refractivity contribution in [3.63, 3.8) is 0 Å². The van der Waals surface area contributed by atoms with E-state index in [1.165, 1.54) is 30.1 Å². The molecule has 0 unspecified atom stereocenters. The average Bonchev–Trinajstić information content (AvgIpc) is 2.67. The maximum Gasteiger partial charge on any atom is 0.269 e. The summed E-state index contributed by atoms with van der Waals surface area (Å²) >= 11 is 1.34. The van der Waals surface area contributed by atoms with Gasteiger partial charge in [-0.1, -0.05) is 12.1 Å². The van der Waals surface area contributed by atoms with E-state index in [9.17, 15) is 14.9 Å². The van der Waals surface area contributed by atoms with Crippen LogP contribution in [0.15, 0.2) is 53.6 Å². The molecule has 2 aromatic carbocycles. The molecule has 9 heteroatoms. The van der Waals surface area contributed by atoms with Crippen LogP contribution in [0.4, 0.5) is 5.69 Å². The molecule has 0 spiro atoms. The van der Waals surface area contributed by atoms with E-state index in [1.54, 1.807) is 36.4 Å². The minimum Gasteiger partial charge on any atom is -0.479 e. The molecule has 0 aliphatic carbocycles. The second-order valence-corrected chi connectivity index (χ2v) is 6.21. The predicted octanol–water partition coefficient (Wildman–Crippen LogP) is 2.88. The van der Waals surface area contributed by atoms with E-state index in [-0.39, 0.29) is 24.0 Å². The number of nitro benzene ring substituents is 1. The van der Waals surface area contributed by atoms with Gasteiger partial charge in [0.15, 0.2) is 6.61 Å². The molecule has 0 saturated heterocycles. The van der Waals surface area contributed by atoms with Crippen LogP contribution >= 0.6 is 11.8 Å². The van der Waals surface area contributed by atoms with Crippen molar-refractivity contribution in [2.24, 2.45) is 5.10 Å². The summed E-state index contributed by atoms with van der Waals surface area (Å²) in [7, 11) is 0. The van der Waals surface area contributed by atoms with Gasteiger partial charge in [0.1, 0.15) is 11.8 Å². The van der Waals surface area contributed by atoms with Gasteiger partial charge in [-0.25, -0.2) is 5.43 Å². The summed E-state index contributed by atoms with van der Waals surface area (Å²) < 4.78 is 5.14. The fraction of sp³-hybridized carbons (Fsp3) is 0.167. The van der Waals surface area contributed by atoms with Gasteiger partial charge >= 0.3 is 0 Å². The summed E-state index contributed by atoms with van der Waals surface area (Å²) in [5, 5.41) is 23.1. The lowest BCUT2D eigenvalue weighted by Crippen LogP contribution is -2.19. The number of hydrogen-bond acceptors (Lipinski definition) is 7. The highest BCUT2D eigenvalue weighted by molar-refractivity contribution is 7.99. The van der Waals surface area contributed by atoms with Crippen molar-refractivity contribution in [3.8, 4) is 11.8 Å². The molecular weight excluding hydrogens is 368 g/mol. The van der Waals surface area contributed by atoms with Crippen molar-refractivity contribution in [1.29, 1.82) is 5.26 Å². The topological polar surface area (TPSA) is 118 Å². The molecular formula is C18H16N4O4S. The quantitative estimate of drug-likeness (QED) is 0.403. The summed E-state index contributed by atoms with van der Waals surface area (Å²) in [5.74, 6) is 0.982. The van der Waals surface area contributed by atoms with Crippen molar-refractivity contribution in [3.05, 3.63) is 69.8 Å². The van der Waals surface area contributed by atoms with Crippen molar-refractivity contribution in [2.75, 3.05) is 12.4 Å². The lowest BCUT2D eigenvalue weighted by Gasteiger charge is -2.02. The Hall–Kier alpha value is -3.38. The molecule has 0 aliphatic heterocycles. The SMILES string of the molecule is N#CCOc1ccc(/C=N\NC(=O)CSCc2cccc([N+](=O)[O-])c2)cc1. The van der Waals surface area contributed by atoms with Crippen molar-refractivity contribution in [1.82, 2.24) is 5.43 Å². The normalized spacial score (nSPS) is 10.3. The van der Waals surface area contributed by atoms with Crippen LogP contribution in [0.25, 0.3) is 0 Å². The molecule has 8 nitrogen and oxygen atoms in total. The number of hydrazone groups is 1. The van der Waals surface area contributed by atoms with E-state index >= 15 is 0 Å². The summed E-state index contributed by atoms with van der Waals surface area (Å²) in [6.45, 7) is -0.0164. The van der Waals surface area contributed by atoms with E-state index in [4.69, 9.17) is 10.00 Å². The Morgan fingerprint density at radius 1 is 1.33 bits per heavy atom. The number of amides is 1. The zero-order chi connectivity index (χ0) is 19.5. The number of non-ortho nitro benzene ring substituents is 1. The Morgan fingerprint density at radius 3 is 2.81 bits per heavy atom. The Bertz CT molecular complexity index is 862. The number of nitriles is 1. The van der Waals surface area contributed by atoms with Crippen LogP contribution in [0.2, 0.25) is 0 Å². The number of nitrogens with zero attached hydrogens (tertiary/aromatic N) is 3. The molecule has 27 heavy (non-hydrogen) atoms. The number of nitro groups is 1. The van der Waals surface area contributed by atoms with E-state index in [0.717, 1.165) is 11.1 Å². The molecule has 0 aromatic heterocycles. The molecule has 0 bridgehead atoms. The Kier molecular flexibility index (Phi) is 7.81. The molecule has 0 atom stereocenters. The van der Waals surface area contributed by atoms with Gasteiger partial charge in [0.2, 0.25) is 5.91 Å². The summed E-state index contributed by atoms with van der Waals surface area (Å²) in [6, 6.07) is 15.1. The van der Waals surface area contributed by atoms with Gasteiger partial charge in [-0.15, -0.1) is 11.8 Å². The summed E-state index contributed by atoms with van der Waals surface area (Å²) in [6.07, 6.45) is 1.50. The Morgan fingerprint density at radius 2 is 2.11 bits per heavy atom. The molecule has 2 aromatic rings. The maximum atomic E-state index is 11.8. The van der Waals surface area contributed by atoms with Gasteiger partial charge in [-0.3, -0.25) is 14.9 Å². The van der Waals surface area contributed by atoms with Crippen LogP contribution in [-0.2, 0) is 10.5 Å². The number of benzene rings is 2. The average molecular weight is 384 g/mol. The molecule has 0 heterocycles. The fourth-order valence-corrected chi connectivity index (χ4v) is 2.77. The largest absolute Gasteiger partial charge is 0.479 e. The number of nitrogens with one attached hydrogen (secondary N) is 1. The molecule has 0 radical (unpaired) electrons. The van der Waals surface area contributed by atoms with Crippen molar-refractivity contribution >= 4 is 29.6 Å². The molecule has 0 saturated carbocycles. The lowest BCUT2D eigenvalue weighted by molar-refractivity contribution is -0.384. The zero-order valence-electron chi connectivity index (χ0n) is 14.2. The molecule has 0 aliphatic rings. The first kappa shape index (κ1) is 19.9. The minimum absolute atomic E-state index is 0.0164. The monoisotopic (exact) mass is 384 g/mol. The fourth-order valence-electron chi connectivity index (χ4n) is 2.00. The number of ether oxygens (including phenoxy) is 1. The molecule has 138 valence electrons. The molecule has 2 rings (SSSR count). The Balaban J connectivity index is 1.73. The van der Waals surface area contributed by atoms with E-state index < -0.39 is 4.92 Å². The van der Waals surface area contributed by atoms with E-state index in [1.807, 2.05) is 6.07 Å². The van der Waals surface area contributed by atoms with E-state index in [0.29, 0.717) is 11.5 Å². The number of carbonyl (C=O) groups excluding carboxylic acids is 1. The van der Waals surface area contributed by atoms with Crippen molar-refractivity contribution in [2.45, 2.75) is 5.75 Å². The third-order valence-corrected chi connectivity index (χ3v) is 4.21. The predicted molar refractivity (Wildman–Crippen MR) is 103 cm³/mol. The third-order valence-electron chi connectivity index (χ3n) is 3.21. The number of hydrogen-bond donors (Lipinski definition) is 1. The second kappa shape index (κ2) is 10.6. The number of thioether (sulfide) groups is 1. The minimum atomic E-state index is -0.447. The highest BCUT2D eigenvalue weighted by Gasteiger charge is 2.06. The number of rotatable bonds is 9. The van der Waals surface area contributed by atoms with Gasteiger partial charge in [0.05, 0.1) is 16.9 Å². The summed E-state index contributed by atoms with van der Waals surface area (Å²) in [4.78, 5) is 22.1. The maximum absolute atomic E-state index is 11.8. The lowest BCUT2D eigenvalue weighted by atomic mass is 10.2. The number of carbonyl (C=O) groups is 1. The van der Waals surface area contributed by atoms with Gasteiger partial charge in [0.25, 0.3) is 5.69 Å². The molecule has 0 fully saturated rings. The van der Waals surface area contributed by atoms with Gasteiger partial charge in [-0.2, -0.15) is 10.4 Å². The zero-order valence-corrected chi connectivity index (χ0v) is 15.0. The first-order valence-electron chi connectivity index (χ1n) is 7.81. The van der Waals surface area contributed by atoms with Crippen LogP contribution < -0.4 is 10.2 Å². The smallest absolute Gasteiger partial charge is 0.269 e. The highest BCUT2D eigenvalue weighted by atomic mass is 32.2. The van der Waals surface area contributed by atoms with Gasteiger partial charge in [0, 0.05) is 17.9 Å². The van der Waals surface area contributed by atoms with Crippen LogP contribution in [0.1, 0.15) is 11.1 Å². The van der Waals surface area contributed by atoms with Crippen molar-refractivity contribution < 1.29 is 14.5 Å². The Labute approximate surface area is 160 Å². The van der Waals surface area contributed by atoms with Gasteiger partial charge in [-0.05, 0) is 35.4 Å². The van der Waals surface area contributed by atoms with E-state index in [2.05, 4.69) is 10.5 Å². The van der Waals surface area contributed by atoms with Crippen LogP contribution in [-0.4, -0.2) is 29.4 Å². The standard InChI is InChI=1S/C18H16N4O4S/c19-8-9-26-17-6-4-14(5-7-17)11-20-21-18(23)13-27-12-15-2-1-3-16(10-15)22(24)25/h1-7,10-11H,9,12-13H2,(H,21,23)/b20-11-. The first-order chi connectivity index (χ1) is 13.1. The first-order valence-corrected chi connectivity index (χ1v) is 8.97. The molecule has 1 amide bonds. The molecule has 1 N–H and O–H groups in total. The van der Waals surface area contributed by atoms with Crippen LogP contribution in [0, 0.1) is 21.4 Å².